The monoisotopic (exact) mass is 468 g/mol. The summed E-state index contributed by atoms with van der Waals surface area (Å²) in [6.07, 6.45) is 4.44. The van der Waals surface area contributed by atoms with Crippen LogP contribution in [0.4, 0.5) is 5.69 Å². The van der Waals surface area contributed by atoms with Crippen LogP contribution >= 0.6 is 11.6 Å². The number of aromatic nitrogens is 3. The lowest BCUT2D eigenvalue weighted by Gasteiger charge is -2.19. The van der Waals surface area contributed by atoms with E-state index in [1.165, 1.54) is 30.6 Å². The van der Waals surface area contributed by atoms with E-state index in [-0.39, 0.29) is 32.3 Å². The number of ketones is 1. The molecule has 0 saturated carbocycles. The zero-order valence-electron chi connectivity index (χ0n) is 17.7. The minimum Gasteiger partial charge on any atom is -0.346 e. The molecule has 0 aliphatic heterocycles. The number of benzene rings is 1. The predicted molar refractivity (Wildman–Crippen MR) is 125 cm³/mol. The van der Waals surface area contributed by atoms with Gasteiger partial charge in [0.05, 0.1) is 15.6 Å². The van der Waals surface area contributed by atoms with Gasteiger partial charge in [-0.2, -0.15) is 0 Å². The molecule has 0 saturated heterocycles. The molecule has 2 N–H and O–H groups in total. The van der Waals surface area contributed by atoms with Crippen LogP contribution in [-0.4, -0.2) is 29.2 Å². The van der Waals surface area contributed by atoms with Gasteiger partial charge in [-0.25, -0.2) is 18.4 Å². The number of carbonyl (C=O) groups excluding carboxylic acids is 1. The third kappa shape index (κ3) is 4.37. The van der Waals surface area contributed by atoms with Crippen LogP contribution in [0.25, 0.3) is 11.0 Å². The normalized spacial score (nSPS) is 12.1. The van der Waals surface area contributed by atoms with Gasteiger partial charge in [0.1, 0.15) is 11.3 Å². The van der Waals surface area contributed by atoms with Crippen LogP contribution in [0.1, 0.15) is 42.4 Å². The number of rotatable bonds is 5. The average Bonchev–Trinajstić information content (AvgIpc) is 3.20. The van der Waals surface area contributed by atoms with E-state index in [2.05, 4.69) is 19.7 Å². The number of anilines is 1. The molecule has 0 radical (unpaired) electrons. The van der Waals surface area contributed by atoms with Gasteiger partial charge in [0.25, 0.3) is 10.0 Å². The number of fused-ring (bicyclic) bond motifs is 1. The van der Waals surface area contributed by atoms with Crippen molar-refractivity contribution >= 4 is 44.1 Å². The maximum atomic E-state index is 13.1. The van der Waals surface area contributed by atoms with Crippen LogP contribution in [0.3, 0.4) is 0 Å². The molecule has 0 atom stereocenters. The second-order valence-corrected chi connectivity index (χ2v) is 10.5. The Kier molecular flexibility index (Phi) is 5.52. The number of H-pyrrole nitrogens is 1. The average molecular weight is 469 g/mol. The van der Waals surface area contributed by atoms with E-state index in [1.807, 2.05) is 20.8 Å². The van der Waals surface area contributed by atoms with Crippen LogP contribution in [-0.2, 0) is 15.4 Å². The highest BCUT2D eigenvalue weighted by Crippen LogP contribution is 2.27. The van der Waals surface area contributed by atoms with Gasteiger partial charge in [-0.3, -0.25) is 9.52 Å². The van der Waals surface area contributed by atoms with Gasteiger partial charge >= 0.3 is 0 Å². The molecule has 0 bridgehead atoms. The molecule has 0 fully saturated rings. The number of sulfonamides is 1. The summed E-state index contributed by atoms with van der Waals surface area (Å²) in [7, 11) is -3.98. The smallest absolute Gasteiger partial charge is 0.261 e. The van der Waals surface area contributed by atoms with E-state index >= 15 is 0 Å². The molecule has 0 amide bonds. The van der Waals surface area contributed by atoms with Gasteiger partial charge in [0.15, 0.2) is 0 Å². The molecule has 164 valence electrons. The van der Waals surface area contributed by atoms with Crippen molar-refractivity contribution in [2.24, 2.45) is 0 Å². The highest BCUT2D eigenvalue weighted by molar-refractivity contribution is 7.92. The molecule has 4 aromatic rings. The Balaban J connectivity index is 1.69. The fourth-order valence-electron chi connectivity index (χ4n) is 3.24. The lowest BCUT2D eigenvalue weighted by molar-refractivity contribution is 0.103. The number of hydrogen-bond acceptors (Lipinski definition) is 5. The quantitative estimate of drug-likeness (QED) is 0.403. The maximum absolute atomic E-state index is 13.1. The zero-order chi connectivity index (χ0) is 23.1. The predicted octanol–water partition coefficient (Wildman–Crippen LogP) is 4.94. The van der Waals surface area contributed by atoms with Crippen molar-refractivity contribution in [3.05, 3.63) is 82.9 Å². The molecule has 9 heteroatoms. The van der Waals surface area contributed by atoms with Crippen LogP contribution in [0.2, 0.25) is 5.02 Å². The van der Waals surface area contributed by atoms with Crippen molar-refractivity contribution in [2.75, 3.05) is 4.72 Å². The summed E-state index contributed by atoms with van der Waals surface area (Å²) >= 11 is 6.05. The van der Waals surface area contributed by atoms with Crippen molar-refractivity contribution in [3.63, 3.8) is 0 Å². The SMILES string of the molecule is CC(C)(C)c1ccc(S(=O)(=O)Nc2cc(Cl)cnc2C(=O)c2cnc3[nH]ccc3c2)cc1. The molecule has 4 rings (SSSR count). The summed E-state index contributed by atoms with van der Waals surface area (Å²) in [5.41, 5.74) is 1.75. The third-order valence-electron chi connectivity index (χ3n) is 5.01. The van der Waals surface area contributed by atoms with Crippen LogP contribution in [0, 0.1) is 0 Å². The minimum absolute atomic E-state index is 0.00318. The fourth-order valence-corrected chi connectivity index (χ4v) is 4.45. The lowest BCUT2D eigenvalue weighted by atomic mass is 9.87. The summed E-state index contributed by atoms with van der Waals surface area (Å²) in [4.78, 5) is 24.5. The van der Waals surface area contributed by atoms with Crippen molar-refractivity contribution in [1.82, 2.24) is 15.0 Å². The first kappa shape index (κ1) is 22.0. The van der Waals surface area contributed by atoms with E-state index in [1.54, 1.807) is 30.5 Å². The topological polar surface area (TPSA) is 105 Å². The highest BCUT2D eigenvalue weighted by atomic mass is 35.5. The number of aromatic amines is 1. The first-order valence-corrected chi connectivity index (χ1v) is 11.7. The van der Waals surface area contributed by atoms with E-state index < -0.39 is 15.8 Å². The minimum atomic E-state index is -3.98. The van der Waals surface area contributed by atoms with Crippen LogP contribution in [0.5, 0.6) is 0 Å². The Bertz CT molecular complexity index is 1420. The molecule has 32 heavy (non-hydrogen) atoms. The number of nitrogens with zero attached hydrogens (tertiary/aromatic N) is 2. The Morgan fingerprint density at radius 3 is 2.44 bits per heavy atom. The van der Waals surface area contributed by atoms with Crippen molar-refractivity contribution < 1.29 is 13.2 Å². The van der Waals surface area contributed by atoms with Crippen LogP contribution < -0.4 is 4.72 Å². The molecule has 0 aliphatic rings. The number of nitrogens with one attached hydrogen (secondary N) is 2. The highest BCUT2D eigenvalue weighted by Gasteiger charge is 2.23. The zero-order valence-corrected chi connectivity index (χ0v) is 19.3. The first-order chi connectivity index (χ1) is 15.0. The van der Waals surface area contributed by atoms with Gasteiger partial charge < -0.3 is 4.98 Å². The summed E-state index contributed by atoms with van der Waals surface area (Å²) in [5.74, 6) is -0.474. The Hall–Kier alpha value is -3.23. The standard InChI is InChI=1S/C23H21ClN4O3S/c1-23(2,3)16-4-6-18(7-5-16)32(30,31)28-19-11-17(24)13-26-20(19)21(29)15-10-14-8-9-25-22(14)27-12-15/h4-13,28H,1-3H3,(H,25,27). The van der Waals surface area contributed by atoms with Crippen molar-refractivity contribution in [3.8, 4) is 0 Å². The summed E-state index contributed by atoms with van der Waals surface area (Å²) < 4.78 is 28.5. The second-order valence-electron chi connectivity index (χ2n) is 8.40. The molecule has 3 aromatic heterocycles. The number of pyridine rings is 2. The second kappa shape index (κ2) is 8.03. The number of carbonyl (C=O) groups is 1. The molecule has 0 unspecified atom stereocenters. The Labute approximate surface area is 190 Å². The summed E-state index contributed by atoms with van der Waals surface area (Å²) in [6.45, 7) is 6.14. The molecule has 3 heterocycles. The number of hydrogen-bond donors (Lipinski definition) is 2. The molecule has 7 nitrogen and oxygen atoms in total. The van der Waals surface area contributed by atoms with Crippen molar-refractivity contribution in [1.29, 1.82) is 0 Å². The Morgan fingerprint density at radius 1 is 1.03 bits per heavy atom. The summed E-state index contributed by atoms with van der Waals surface area (Å²) in [5, 5.41) is 0.951. The van der Waals surface area contributed by atoms with Gasteiger partial charge in [0.2, 0.25) is 5.78 Å². The van der Waals surface area contributed by atoms with Gasteiger partial charge in [-0.1, -0.05) is 44.5 Å². The van der Waals surface area contributed by atoms with Crippen molar-refractivity contribution in [2.45, 2.75) is 31.1 Å². The van der Waals surface area contributed by atoms with E-state index in [9.17, 15) is 13.2 Å². The lowest BCUT2D eigenvalue weighted by Crippen LogP contribution is -2.18. The Morgan fingerprint density at radius 2 is 1.75 bits per heavy atom. The summed E-state index contributed by atoms with van der Waals surface area (Å²) in [6, 6.07) is 11.4. The van der Waals surface area contributed by atoms with E-state index in [0.717, 1.165) is 10.9 Å². The van der Waals surface area contributed by atoms with Gasteiger partial charge in [-0.15, -0.1) is 0 Å². The molecular weight excluding hydrogens is 448 g/mol. The van der Waals surface area contributed by atoms with Crippen LogP contribution in [0.15, 0.2) is 66.0 Å². The molecule has 1 aromatic carbocycles. The third-order valence-corrected chi connectivity index (χ3v) is 6.59. The fraction of sp³-hybridized carbons (Fsp3) is 0.174. The molecule has 0 aliphatic carbocycles. The van der Waals surface area contributed by atoms with E-state index in [4.69, 9.17) is 11.6 Å². The van der Waals surface area contributed by atoms with E-state index in [0.29, 0.717) is 5.65 Å². The van der Waals surface area contributed by atoms with Gasteiger partial charge in [-0.05, 0) is 41.3 Å². The maximum Gasteiger partial charge on any atom is 0.261 e. The van der Waals surface area contributed by atoms with Gasteiger partial charge in [0, 0.05) is 29.5 Å². The first-order valence-electron chi connectivity index (χ1n) is 9.81. The molecule has 0 spiro atoms. The number of halogens is 1. The largest absolute Gasteiger partial charge is 0.346 e. The molecular formula is C23H21ClN4O3S.